The third-order valence-corrected chi connectivity index (χ3v) is 0.240. The molecule has 0 unspecified atom stereocenters. The zero-order valence-corrected chi connectivity index (χ0v) is 3.38. The Balaban J connectivity index is 3.30. The Morgan fingerprint density at radius 2 is 2.50 bits per heavy atom. The molecule has 32 valence electrons. The van der Waals surface area contributed by atoms with Gasteiger partial charge in [-0.25, -0.2) is 0 Å². The molecule has 6 heavy (non-hydrogen) atoms. The van der Waals surface area contributed by atoms with Crippen LogP contribution in [0.4, 0.5) is 0 Å². The van der Waals surface area contributed by atoms with Crippen LogP contribution in [-0.4, -0.2) is 18.2 Å². The first-order valence-electron chi connectivity index (χ1n) is 1.44. The predicted octanol–water partition coefficient (Wildman–Crippen LogP) is -0.672. The Kier molecular flexibility index (Phi) is 2.28. The number of carbonyl (C=O) groups excluding carboxylic acids is 1. The SMILES string of the molecule is CC(=O)/N=B/O. The fourth-order valence-electron chi connectivity index (χ4n) is 0.0813. The predicted molar refractivity (Wildman–Crippen MR) is 21.1 cm³/mol. The van der Waals surface area contributed by atoms with Gasteiger partial charge in [0.05, 0.1) is 0 Å². The van der Waals surface area contributed by atoms with Gasteiger partial charge in [0.2, 0.25) is 0 Å². The molecule has 0 saturated carbocycles. The quantitative estimate of drug-likeness (QED) is 0.396. The molecule has 0 heterocycles. The summed E-state index contributed by atoms with van der Waals surface area (Å²) in [4.78, 5) is 12.6. The second-order valence-electron chi connectivity index (χ2n) is 0.764. The van der Waals surface area contributed by atoms with Gasteiger partial charge in [-0.1, -0.05) is 0 Å². The van der Waals surface area contributed by atoms with Crippen molar-refractivity contribution in [3.8, 4) is 0 Å². The second kappa shape index (κ2) is 2.57. The Hall–Kier alpha value is -0.665. The van der Waals surface area contributed by atoms with Gasteiger partial charge in [0.25, 0.3) is 0 Å². The first kappa shape index (κ1) is 5.33. The molecule has 0 radical (unpaired) electrons. The third kappa shape index (κ3) is 3.33. The van der Waals surface area contributed by atoms with Gasteiger partial charge in [-0.15, -0.1) is 0 Å². The molecule has 1 amide bonds. The maximum absolute atomic E-state index is 9.69. The van der Waals surface area contributed by atoms with E-state index in [0.29, 0.717) is 7.27 Å². The summed E-state index contributed by atoms with van der Waals surface area (Å²) < 4.78 is 0. The van der Waals surface area contributed by atoms with Crippen LogP contribution in [0, 0.1) is 0 Å². The number of nitrogens with zero attached hydrogens (tertiary/aromatic N) is 1. The molecule has 0 aromatic heterocycles. The van der Waals surface area contributed by atoms with Crippen molar-refractivity contribution < 1.29 is 9.82 Å². The van der Waals surface area contributed by atoms with Gasteiger partial charge in [0, 0.05) is 0 Å². The van der Waals surface area contributed by atoms with E-state index >= 15 is 0 Å². The van der Waals surface area contributed by atoms with E-state index < -0.39 is 5.91 Å². The van der Waals surface area contributed by atoms with Crippen LogP contribution in [0.2, 0.25) is 0 Å². The normalized spacial score (nSPS) is 8.17. The summed E-state index contributed by atoms with van der Waals surface area (Å²) in [5, 5.41) is 7.72. The first-order chi connectivity index (χ1) is 2.77. The number of rotatable bonds is 0. The molecular weight excluding hydrogens is 80.8 g/mol. The molecule has 0 spiro atoms. The van der Waals surface area contributed by atoms with Crippen LogP contribution in [-0.2, 0) is 4.79 Å². The van der Waals surface area contributed by atoms with Gasteiger partial charge in [0.1, 0.15) is 0 Å². The van der Waals surface area contributed by atoms with E-state index in [-0.39, 0.29) is 0 Å². The topological polar surface area (TPSA) is 49.7 Å². The van der Waals surface area contributed by atoms with Crippen molar-refractivity contribution in [3.05, 3.63) is 0 Å². The van der Waals surface area contributed by atoms with Crippen LogP contribution in [0.1, 0.15) is 6.92 Å². The minimum absolute atomic E-state index is 0.391. The molecule has 0 fully saturated rings. The van der Waals surface area contributed by atoms with Crippen molar-refractivity contribution in [2.75, 3.05) is 0 Å². The number of carbonyl (C=O) groups is 1. The van der Waals surface area contributed by atoms with E-state index in [1.165, 1.54) is 6.92 Å². The Morgan fingerprint density at radius 1 is 2.00 bits per heavy atom. The molecule has 0 aliphatic rings. The van der Waals surface area contributed by atoms with E-state index in [0.717, 1.165) is 0 Å². The molecule has 3 nitrogen and oxygen atoms in total. The fraction of sp³-hybridized carbons (Fsp3) is 0.500. The zero-order chi connectivity index (χ0) is 4.99. The molecule has 4 heteroatoms. The number of hydrogen-bond donors (Lipinski definition) is 1. The summed E-state index contributed by atoms with van der Waals surface area (Å²) in [5.74, 6) is -0.391. The van der Waals surface area contributed by atoms with Crippen LogP contribution in [0.25, 0.3) is 0 Å². The summed E-state index contributed by atoms with van der Waals surface area (Å²) in [6, 6.07) is 0. The van der Waals surface area contributed by atoms with Crippen molar-refractivity contribution in [3.63, 3.8) is 0 Å². The number of hydrogen-bond acceptors (Lipinski definition) is 1. The standard InChI is InChI=1S/C2H4BNO2/c1-2(5)4-3-6/h6H,1H3. The summed E-state index contributed by atoms with van der Waals surface area (Å²) in [6.45, 7) is 1.26. The molecule has 0 bridgehead atoms. The summed E-state index contributed by atoms with van der Waals surface area (Å²) in [7, 11) is 0.475. The van der Waals surface area contributed by atoms with Gasteiger partial charge in [-0.3, -0.25) is 0 Å². The van der Waals surface area contributed by atoms with Gasteiger partial charge in [-0.2, -0.15) is 0 Å². The van der Waals surface area contributed by atoms with Crippen LogP contribution in [0.3, 0.4) is 0 Å². The van der Waals surface area contributed by atoms with Crippen molar-refractivity contribution in [1.29, 1.82) is 0 Å². The summed E-state index contributed by atoms with van der Waals surface area (Å²) in [5.41, 5.74) is 0. The van der Waals surface area contributed by atoms with Gasteiger partial charge in [-0.05, 0) is 0 Å². The van der Waals surface area contributed by atoms with Gasteiger partial charge < -0.3 is 0 Å². The average Bonchev–Trinajstić information content (AvgIpc) is 1.35. The zero-order valence-electron chi connectivity index (χ0n) is 3.38. The van der Waals surface area contributed by atoms with E-state index in [2.05, 4.69) is 4.90 Å². The minimum atomic E-state index is -0.391. The van der Waals surface area contributed by atoms with Crippen molar-refractivity contribution in [2.24, 2.45) is 4.90 Å². The molecular formula is C2H4BNO2. The fourth-order valence-corrected chi connectivity index (χ4v) is 0.0813. The Morgan fingerprint density at radius 3 is 2.50 bits per heavy atom. The van der Waals surface area contributed by atoms with Crippen molar-refractivity contribution >= 4 is 13.2 Å². The monoisotopic (exact) mass is 85.0 g/mol. The Labute approximate surface area is 36.0 Å². The average molecular weight is 84.9 g/mol. The van der Waals surface area contributed by atoms with Crippen LogP contribution < -0.4 is 0 Å². The molecule has 0 aromatic rings. The van der Waals surface area contributed by atoms with E-state index in [1.54, 1.807) is 0 Å². The number of amides is 1. The summed E-state index contributed by atoms with van der Waals surface area (Å²) in [6.07, 6.45) is 0. The van der Waals surface area contributed by atoms with Crippen molar-refractivity contribution in [1.82, 2.24) is 0 Å². The molecule has 1 N–H and O–H groups in total. The molecule has 0 aromatic carbocycles. The van der Waals surface area contributed by atoms with Crippen LogP contribution >= 0.6 is 0 Å². The third-order valence-electron chi connectivity index (χ3n) is 0.240. The van der Waals surface area contributed by atoms with E-state index in [1.807, 2.05) is 0 Å². The summed E-state index contributed by atoms with van der Waals surface area (Å²) >= 11 is 0. The van der Waals surface area contributed by atoms with Gasteiger partial charge in [0.15, 0.2) is 0 Å². The first-order valence-corrected chi connectivity index (χ1v) is 1.44. The molecule has 0 saturated heterocycles. The molecule has 0 rings (SSSR count). The second-order valence-corrected chi connectivity index (χ2v) is 0.764. The van der Waals surface area contributed by atoms with Crippen LogP contribution in [0.15, 0.2) is 4.90 Å². The van der Waals surface area contributed by atoms with Crippen molar-refractivity contribution in [2.45, 2.75) is 6.92 Å². The molecule has 0 aliphatic carbocycles. The van der Waals surface area contributed by atoms with Gasteiger partial charge >= 0.3 is 34.8 Å². The van der Waals surface area contributed by atoms with E-state index in [9.17, 15) is 4.79 Å². The Bertz CT molecular complexity index is 79.6. The molecule has 0 atom stereocenters. The maximum atomic E-state index is 9.69. The van der Waals surface area contributed by atoms with E-state index in [4.69, 9.17) is 5.02 Å². The van der Waals surface area contributed by atoms with Crippen LogP contribution in [0.5, 0.6) is 0 Å². The molecule has 0 aliphatic heterocycles.